The van der Waals surface area contributed by atoms with E-state index in [0.29, 0.717) is 18.8 Å². The van der Waals surface area contributed by atoms with Crippen molar-refractivity contribution in [3.63, 3.8) is 0 Å². The van der Waals surface area contributed by atoms with Crippen LogP contribution in [0.3, 0.4) is 0 Å². The summed E-state index contributed by atoms with van der Waals surface area (Å²) in [5.74, 6) is -0.280. The molecule has 5 heteroatoms. The average molecular weight is 487 g/mol. The maximum absolute atomic E-state index is 13.5. The fourth-order valence-corrected chi connectivity index (χ4v) is 4.39. The molecule has 188 valence electrons. The Kier molecular flexibility index (Phi) is 9.20. The number of carbonyl (C=O) groups is 1. The Balaban J connectivity index is 0.00000176. The van der Waals surface area contributed by atoms with E-state index in [4.69, 9.17) is 4.74 Å². The minimum atomic E-state index is -0.280. The molecule has 4 aromatic rings. The highest BCUT2D eigenvalue weighted by Gasteiger charge is 2.24. The van der Waals surface area contributed by atoms with Crippen molar-refractivity contribution in [2.24, 2.45) is 0 Å². The lowest BCUT2D eigenvalue weighted by molar-refractivity contribution is 0.111. The van der Waals surface area contributed by atoms with Crippen molar-refractivity contribution >= 4 is 22.8 Å². The predicted molar refractivity (Wildman–Crippen MR) is 147 cm³/mol. The number of likely N-dealkylation sites (N-methyl/N-ethyl adjacent to an activating group) is 1. The van der Waals surface area contributed by atoms with E-state index in [-0.39, 0.29) is 5.82 Å². The molecule has 0 saturated carbocycles. The van der Waals surface area contributed by atoms with Crippen molar-refractivity contribution in [3.8, 4) is 0 Å². The van der Waals surface area contributed by atoms with Crippen LogP contribution in [0.5, 0.6) is 0 Å². The standard InChI is InChI=1S/C29H29FN2O2.C2H6/c1-20-9-13-22(14-10-20)28(27(19-34-4)31(2)3)29-24-7-5-6-8-25(24)32(26(29)18-33)17-21-11-15-23(30)16-12-21;1-2/h5-16,18H,17,19H2,1-4H3;1-2H3/b28-27-;. The summed E-state index contributed by atoms with van der Waals surface area (Å²) in [7, 11) is 5.65. The Morgan fingerprint density at radius 1 is 0.972 bits per heavy atom. The Morgan fingerprint density at radius 2 is 1.61 bits per heavy atom. The molecule has 0 radical (unpaired) electrons. The van der Waals surface area contributed by atoms with Gasteiger partial charge in [-0.2, -0.15) is 0 Å². The highest BCUT2D eigenvalue weighted by Crippen LogP contribution is 2.37. The van der Waals surface area contributed by atoms with Crippen LogP contribution in [0, 0.1) is 12.7 Å². The van der Waals surface area contributed by atoms with E-state index in [1.165, 1.54) is 12.1 Å². The highest BCUT2D eigenvalue weighted by molar-refractivity contribution is 6.05. The number of aryl methyl sites for hydroxylation is 1. The van der Waals surface area contributed by atoms with Crippen LogP contribution in [-0.4, -0.2) is 43.6 Å². The third kappa shape index (κ3) is 5.58. The Bertz CT molecular complexity index is 1330. The normalized spacial score (nSPS) is 11.5. The Morgan fingerprint density at radius 3 is 2.19 bits per heavy atom. The topological polar surface area (TPSA) is 34.5 Å². The van der Waals surface area contributed by atoms with Crippen LogP contribution in [0.25, 0.3) is 16.5 Å². The molecule has 0 amide bonds. The Hall–Kier alpha value is -3.70. The molecule has 0 aliphatic rings. The van der Waals surface area contributed by atoms with Gasteiger partial charge >= 0.3 is 0 Å². The number of carbonyl (C=O) groups excluding carboxylic acids is 1. The summed E-state index contributed by atoms with van der Waals surface area (Å²) >= 11 is 0. The van der Waals surface area contributed by atoms with E-state index in [2.05, 4.69) is 31.2 Å². The SMILES string of the molecule is CC.COC/C(=C(\c1ccc(C)cc1)c1c(C=O)n(Cc2ccc(F)cc2)c2ccccc12)N(C)C. The summed E-state index contributed by atoms with van der Waals surface area (Å²) in [5.41, 5.74) is 7.43. The molecule has 0 aliphatic heterocycles. The van der Waals surface area contributed by atoms with Gasteiger partial charge in [-0.15, -0.1) is 0 Å². The second kappa shape index (κ2) is 12.3. The zero-order valence-electron chi connectivity index (χ0n) is 22.0. The molecule has 0 spiro atoms. The smallest absolute Gasteiger partial charge is 0.167 e. The highest BCUT2D eigenvalue weighted by atomic mass is 19.1. The number of ether oxygens (including phenoxy) is 1. The van der Waals surface area contributed by atoms with Crippen LogP contribution in [0.1, 0.15) is 46.6 Å². The van der Waals surface area contributed by atoms with E-state index >= 15 is 0 Å². The molecule has 1 heterocycles. The third-order valence-corrected chi connectivity index (χ3v) is 6.08. The summed E-state index contributed by atoms with van der Waals surface area (Å²) in [5, 5.41) is 0.984. The molecule has 36 heavy (non-hydrogen) atoms. The van der Waals surface area contributed by atoms with Crippen molar-refractivity contribution in [2.45, 2.75) is 27.3 Å². The van der Waals surface area contributed by atoms with E-state index in [1.807, 2.05) is 61.7 Å². The van der Waals surface area contributed by atoms with Gasteiger partial charge in [-0.05, 0) is 36.2 Å². The number of benzene rings is 3. The van der Waals surface area contributed by atoms with Crippen LogP contribution in [0.15, 0.2) is 78.5 Å². The molecule has 0 bridgehead atoms. The lowest BCUT2D eigenvalue weighted by Crippen LogP contribution is -2.18. The molecule has 0 fully saturated rings. The van der Waals surface area contributed by atoms with Gasteiger partial charge in [0.1, 0.15) is 5.82 Å². The fourth-order valence-electron chi connectivity index (χ4n) is 4.39. The number of methoxy groups -OCH3 is 1. The van der Waals surface area contributed by atoms with E-state index < -0.39 is 0 Å². The van der Waals surface area contributed by atoms with Gasteiger partial charge in [-0.1, -0.05) is 74.0 Å². The van der Waals surface area contributed by atoms with Crippen LogP contribution >= 0.6 is 0 Å². The lowest BCUT2D eigenvalue weighted by atomic mass is 9.92. The van der Waals surface area contributed by atoms with E-state index in [1.54, 1.807) is 19.2 Å². The van der Waals surface area contributed by atoms with Crippen molar-refractivity contribution in [1.82, 2.24) is 9.47 Å². The first kappa shape index (κ1) is 26.9. The average Bonchev–Trinajstić information content (AvgIpc) is 3.20. The quantitative estimate of drug-likeness (QED) is 0.253. The largest absolute Gasteiger partial charge is 0.379 e. The van der Waals surface area contributed by atoms with Gasteiger partial charge < -0.3 is 14.2 Å². The molecule has 4 nitrogen and oxygen atoms in total. The molecule has 0 saturated heterocycles. The number of hydrogen-bond donors (Lipinski definition) is 0. The second-order valence-corrected chi connectivity index (χ2v) is 8.62. The van der Waals surface area contributed by atoms with Gasteiger partial charge in [0.15, 0.2) is 6.29 Å². The maximum atomic E-state index is 13.5. The molecule has 0 N–H and O–H groups in total. The number of rotatable bonds is 8. The molecule has 0 atom stereocenters. The zero-order valence-corrected chi connectivity index (χ0v) is 22.0. The molecular weight excluding hydrogens is 451 g/mol. The summed E-state index contributed by atoms with van der Waals surface area (Å²) in [6, 6.07) is 22.8. The number of aldehydes is 1. The first-order valence-electron chi connectivity index (χ1n) is 12.2. The van der Waals surface area contributed by atoms with Gasteiger partial charge in [0, 0.05) is 55.5 Å². The second-order valence-electron chi connectivity index (χ2n) is 8.62. The van der Waals surface area contributed by atoms with Crippen molar-refractivity contribution in [3.05, 3.63) is 112 Å². The van der Waals surface area contributed by atoms with Crippen molar-refractivity contribution < 1.29 is 13.9 Å². The van der Waals surface area contributed by atoms with Crippen LogP contribution in [0.2, 0.25) is 0 Å². The van der Waals surface area contributed by atoms with Crippen LogP contribution in [0.4, 0.5) is 4.39 Å². The summed E-state index contributed by atoms with van der Waals surface area (Å²) in [6.45, 7) is 6.91. The van der Waals surface area contributed by atoms with Gasteiger partial charge in [-0.3, -0.25) is 4.79 Å². The number of fused-ring (bicyclic) bond motifs is 1. The van der Waals surface area contributed by atoms with Crippen molar-refractivity contribution in [2.75, 3.05) is 27.8 Å². The van der Waals surface area contributed by atoms with Crippen molar-refractivity contribution in [1.29, 1.82) is 0 Å². The monoisotopic (exact) mass is 486 g/mol. The first-order valence-corrected chi connectivity index (χ1v) is 12.2. The lowest BCUT2D eigenvalue weighted by Gasteiger charge is -2.23. The minimum absolute atomic E-state index is 0.280. The summed E-state index contributed by atoms with van der Waals surface area (Å²) in [4.78, 5) is 14.7. The third-order valence-electron chi connectivity index (χ3n) is 6.08. The number of nitrogens with zero attached hydrogens (tertiary/aromatic N) is 2. The molecule has 0 unspecified atom stereocenters. The molecule has 4 rings (SSSR count). The number of aromatic nitrogens is 1. The Labute approximate surface area is 213 Å². The zero-order chi connectivity index (χ0) is 26.2. The number of hydrogen-bond acceptors (Lipinski definition) is 3. The van der Waals surface area contributed by atoms with Gasteiger partial charge in [0.2, 0.25) is 0 Å². The van der Waals surface area contributed by atoms with Crippen LogP contribution in [-0.2, 0) is 11.3 Å². The molecule has 3 aromatic carbocycles. The summed E-state index contributed by atoms with van der Waals surface area (Å²) in [6.07, 6.45) is 0.924. The molecular formula is C31H35FN2O2. The minimum Gasteiger partial charge on any atom is -0.379 e. The predicted octanol–water partition coefficient (Wildman–Crippen LogP) is 6.94. The maximum Gasteiger partial charge on any atom is 0.167 e. The van der Waals surface area contributed by atoms with Gasteiger partial charge in [0.25, 0.3) is 0 Å². The van der Waals surface area contributed by atoms with E-state index in [0.717, 1.165) is 50.7 Å². The first-order chi connectivity index (χ1) is 17.4. The number of para-hydroxylation sites is 1. The van der Waals surface area contributed by atoms with E-state index in [9.17, 15) is 9.18 Å². The fraction of sp³-hybridized carbons (Fsp3) is 0.258. The summed E-state index contributed by atoms with van der Waals surface area (Å²) < 4.78 is 21.1. The van der Waals surface area contributed by atoms with Gasteiger partial charge in [-0.25, -0.2) is 4.39 Å². The molecule has 0 aliphatic carbocycles. The van der Waals surface area contributed by atoms with Gasteiger partial charge in [0.05, 0.1) is 12.3 Å². The molecule has 1 aromatic heterocycles. The van der Waals surface area contributed by atoms with Crippen LogP contribution < -0.4 is 0 Å². The number of halogens is 1.